The Bertz CT molecular complexity index is 748. The van der Waals surface area contributed by atoms with Gasteiger partial charge >= 0.3 is 0 Å². The zero-order valence-electron chi connectivity index (χ0n) is 11.5. The molecule has 0 aliphatic rings. The highest BCUT2D eigenvalue weighted by Gasteiger charge is 2.16. The molecule has 2 rings (SSSR count). The molecule has 0 atom stereocenters. The van der Waals surface area contributed by atoms with E-state index < -0.39 is 10.0 Å². The third-order valence-electron chi connectivity index (χ3n) is 3.11. The van der Waals surface area contributed by atoms with Crippen LogP contribution in [0.15, 0.2) is 41.4 Å². The average Bonchev–Trinajstić information content (AvgIpc) is 2.48. The minimum absolute atomic E-state index is 0.00400. The van der Waals surface area contributed by atoms with Gasteiger partial charge < -0.3 is 5.73 Å². The van der Waals surface area contributed by atoms with Crippen LogP contribution in [0, 0.1) is 0 Å². The first-order valence-electron chi connectivity index (χ1n) is 6.41. The Morgan fingerprint density at radius 1 is 1.29 bits per heavy atom. The van der Waals surface area contributed by atoms with Crippen molar-refractivity contribution < 1.29 is 8.42 Å². The first kappa shape index (κ1) is 15.8. The van der Waals surface area contributed by atoms with E-state index in [4.69, 9.17) is 17.3 Å². The van der Waals surface area contributed by atoms with Gasteiger partial charge in [-0.15, -0.1) is 0 Å². The fourth-order valence-electron chi connectivity index (χ4n) is 1.91. The number of sulfonamides is 1. The molecule has 1 aromatic carbocycles. The second-order valence-corrected chi connectivity index (χ2v) is 6.66. The van der Waals surface area contributed by atoms with Gasteiger partial charge in [0.05, 0.1) is 5.02 Å². The molecule has 0 fully saturated rings. The molecule has 0 radical (unpaired) electrons. The minimum Gasteiger partial charge on any atom is -0.382 e. The number of rotatable bonds is 5. The lowest BCUT2D eigenvalue weighted by atomic mass is 10.1. The maximum absolute atomic E-state index is 12.2. The van der Waals surface area contributed by atoms with Gasteiger partial charge in [-0.05, 0) is 23.6 Å². The van der Waals surface area contributed by atoms with Gasteiger partial charge in [0, 0.05) is 12.7 Å². The molecule has 0 saturated heterocycles. The molecule has 7 heteroatoms. The molecular weight excluding hydrogens is 310 g/mol. The van der Waals surface area contributed by atoms with Crippen LogP contribution < -0.4 is 10.5 Å². The molecule has 0 saturated carbocycles. The van der Waals surface area contributed by atoms with Crippen molar-refractivity contribution in [1.82, 2.24) is 9.71 Å². The van der Waals surface area contributed by atoms with Crippen LogP contribution in [-0.4, -0.2) is 13.4 Å². The van der Waals surface area contributed by atoms with Gasteiger partial charge in [0.15, 0.2) is 0 Å². The van der Waals surface area contributed by atoms with Gasteiger partial charge in [0.1, 0.15) is 10.7 Å². The normalized spacial score (nSPS) is 11.5. The van der Waals surface area contributed by atoms with E-state index in [1.807, 2.05) is 31.2 Å². The topological polar surface area (TPSA) is 85.1 Å². The van der Waals surface area contributed by atoms with Gasteiger partial charge in [0.2, 0.25) is 10.0 Å². The number of anilines is 1. The molecule has 0 unspecified atom stereocenters. The number of aromatic nitrogens is 1. The van der Waals surface area contributed by atoms with E-state index in [1.165, 1.54) is 12.3 Å². The molecule has 21 heavy (non-hydrogen) atoms. The quantitative estimate of drug-likeness (QED) is 0.883. The molecule has 0 aliphatic carbocycles. The summed E-state index contributed by atoms with van der Waals surface area (Å²) in [5.41, 5.74) is 7.52. The van der Waals surface area contributed by atoms with Crippen LogP contribution in [0.5, 0.6) is 0 Å². The molecule has 0 spiro atoms. The zero-order chi connectivity index (χ0) is 15.5. The second-order valence-electron chi connectivity index (χ2n) is 4.48. The summed E-state index contributed by atoms with van der Waals surface area (Å²) in [7, 11) is -3.68. The van der Waals surface area contributed by atoms with Crippen LogP contribution in [-0.2, 0) is 23.0 Å². The highest BCUT2D eigenvalue weighted by molar-refractivity contribution is 7.89. The predicted molar refractivity (Wildman–Crippen MR) is 83.5 cm³/mol. The number of nitrogens with two attached hydrogens (primary N) is 1. The van der Waals surface area contributed by atoms with Gasteiger partial charge in [0.25, 0.3) is 0 Å². The summed E-state index contributed by atoms with van der Waals surface area (Å²) >= 11 is 5.80. The van der Waals surface area contributed by atoms with Crippen LogP contribution >= 0.6 is 11.6 Å². The lowest BCUT2D eigenvalue weighted by Gasteiger charge is -2.10. The highest BCUT2D eigenvalue weighted by atomic mass is 35.5. The van der Waals surface area contributed by atoms with Crippen LogP contribution in [0.25, 0.3) is 0 Å². The second kappa shape index (κ2) is 6.43. The summed E-state index contributed by atoms with van der Waals surface area (Å²) in [6.07, 6.45) is 2.03. The fraction of sp³-hybridized carbons (Fsp3) is 0.214. The molecule has 1 aromatic heterocycles. The number of pyridine rings is 1. The lowest BCUT2D eigenvalue weighted by Crippen LogP contribution is -2.24. The standard InChI is InChI=1S/C14H16ClN3O2S/c1-2-10-5-3-4-6-11(10)8-18-21(19,20)12-7-13(15)14(16)17-9-12/h3-7,9,18H,2,8H2,1H3,(H2,16,17). The van der Waals surface area contributed by atoms with Crippen LogP contribution in [0.1, 0.15) is 18.1 Å². The van der Waals surface area contributed by atoms with Crippen molar-refractivity contribution in [3.63, 3.8) is 0 Å². The van der Waals surface area contributed by atoms with E-state index in [1.54, 1.807) is 0 Å². The Morgan fingerprint density at radius 2 is 1.95 bits per heavy atom. The third kappa shape index (κ3) is 3.72. The smallest absolute Gasteiger partial charge is 0.242 e. The molecule has 1 heterocycles. The number of halogens is 1. The van der Waals surface area contributed by atoms with Crippen molar-refractivity contribution in [3.8, 4) is 0 Å². The Morgan fingerprint density at radius 3 is 2.57 bits per heavy atom. The number of nitrogen functional groups attached to an aromatic ring is 1. The first-order chi connectivity index (χ1) is 9.94. The average molecular weight is 326 g/mol. The number of hydrogen-bond donors (Lipinski definition) is 2. The summed E-state index contributed by atoms with van der Waals surface area (Å²) in [5, 5.41) is 0.117. The van der Waals surface area contributed by atoms with Crippen LogP contribution in [0.3, 0.4) is 0 Å². The number of nitrogens with one attached hydrogen (secondary N) is 1. The van der Waals surface area contributed by atoms with Crippen molar-refractivity contribution >= 4 is 27.4 Å². The Hall–Kier alpha value is -1.63. The molecule has 0 aliphatic heterocycles. The minimum atomic E-state index is -3.68. The highest BCUT2D eigenvalue weighted by Crippen LogP contribution is 2.20. The van der Waals surface area contributed by atoms with Gasteiger partial charge in [-0.3, -0.25) is 0 Å². The molecule has 0 amide bonds. The van der Waals surface area contributed by atoms with Crippen molar-refractivity contribution in [2.45, 2.75) is 24.8 Å². The SMILES string of the molecule is CCc1ccccc1CNS(=O)(=O)c1cnc(N)c(Cl)c1. The summed E-state index contributed by atoms with van der Waals surface area (Å²) in [6.45, 7) is 2.24. The van der Waals surface area contributed by atoms with Crippen LogP contribution in [0.4, 0.5) is 5.82 Å². The third-order valence-corrected chi connectivity index (χ3v) is 4.78. The molecule has 112 valence electrons. The monoisotopic (exact) mass is 325 g/mol. The number of aryl methyl sites for hydroxylation is 1. The maximum Gasteiger partial charge on any atom is 0.242 e. The van der Waals surface area contributed by atoms with E-state index in [9.17, 15) is 8.42 Å². The molecule has 0 bridgehead atoms. The van der Waals surface area contributed by atoms with E-state index in [-0.39, 0.29) is 22.3 Å². The maximum atomic E-state index is 12.2. The summed E-state index contributed by atoms with van der Waals surface area (Å²) in [6, 6.07) is 8.98. The predicted octanol–water partition coefficient (Wildman–Crippen LogP) is 2.36. The summed E-state index contributed by atoms with van der Waals surface area (Å²) < 4.78 is 27.0. The summed E-state index contributed by atoms with van der Waals surface area (Å²) in [5.74, 6) is 0.104. The molecular formula is C14H16ClN3O2S. The van der Waals surface area contributed by atoms with Crippen molar-refractivity contribution in [2.75, 3.05) is 5.73 Å². The largest absolute Gasteiger partial charge is 0.382 e. The van der Waals surface area contributed by atoms with Gasteiger partial charge in [-0.2, -0.15) is 0 Å². The van der Waals surface area contributed by atoms with Crippen molar-refractivity contribution in [3.05, 3.63) is 52.7 Å². The Labute approximate surface area is 129 Å². The van der Waals surface area contributed by atoms with Gasteiger partial charge in [-0.25, -0.2) is 18.1 Å². The first-order valence-corrected chi connectivity index (χ1v) is 8.27. The van der Waals surface area contributed by atoms with Gasteiger partial charge in [-0.1, -0.05) is 42.8 Å². The van der Waals surface area contributed by atoms with E-state index in [0.29, 0.717) is 0 Å². The zero-order valence-corrected chi connectivity index (χ0v) is 13.1. The van der Waals surface area contributed by atoms with Crippen molar-refractivity contribution in [1.29, 1.82) is 0 Å². The van der Waals surface area contributed by atoms with Crippen LogP contribution in [0.2, 0.25) is 5.02 Å². The Kier molecular flexibility index (Phi) is 4.82. The molecule has 2 aromatic rings. The Balaban J connectivity index is 2.20. The number of hydrogen-bond acceptors (Lipinski definition) is 4. The van der Waals surface area contributed by atoms with E-state index >= 15 is 0 Å². The van der Waals surface area contributed by atoms with E-state index in [2.05, 4.69) is 9.71 Å². The number of nitrogens with zero attached hydrogens (tertiary/aromatic N) is 1. The van der Waals surface area contributed by atoms with Crippen molar-refractivity contribution in [2.24, 2.45) is 0 Å². The lowest BCUT2D eigenvalue weighted by molar-refractivity contribution is 0.580. The number of benzene rings is 1. The fourth-order valence-corrected chi connectivity index (χ4v) is 3.12. The van der Waals surface area contributed by atoms with E-state index in [0.717, 1.165) is 17.5 Å². The molecule has 3 N–H and O–H groups in total. The summed E-state index contributed by atoms with van der Waals surface area (Å²) in [4.78, 5) is 3.76. The molecule has 5 nitrogen and oxygen atoms in total.